The van der Waals surface area contributed by atoms with E-state index in [0.29, 0.717) is 23.8 Å². The van der Waals surface area contributed by atoms with Crippen molar-refractivity contribution in [3.05, 3.63) is 41.7 Å². The molecule has 0 saturated carbocycles. The summed E-state index contributed by atoms with van der Waals surface area (Å²) in [7, 11) is 0. The lowest BCUT2D eigenvalue weighted by Crippen LogP contribution is -2.14. The molecule has 1 unspecified atom stereocenters. The van der Waals surface area contributed by atoms with E-state index in [2.05, 4.69) is 0 Å². The first-order valence-corrected chi connectivity index (χ1v) is 6.92. The van der Waals surface area contributed by atoms with Gasteiger partial charge in [-0.05, 0) is 30.7 Å². The molecule has 3 nitrogen and oxygen atoms in total. The summed E-state index contributed by atoms with van der Waals surface area (Å²) in [5.41, 5.74) is -0.460. The maximum Gasteiger partial charge on any atom is 0.208 e. The Morgan fingerprint density at radius 1 is 0.955 bits per heavy atom. The third-order valence-corrected chi connectivity index (χ3v) is 3.75. The fraction of sp³-hybridized carbons (Fsp3) is 0.250. The van der Waals surface area contributed by atoms with Gasteiger partial charge in [0.05, 0.1) is 6.61 Å². The van der Waals surface area contributed by atoms with Crippen molar-refractivity contribution >= 4 is 21.9 Å². The van der Waals surface area contributed by atoms with E-state index in [1.165, 1.54) is 12.1 Å². The lowest BCUT2D eigenvalue weighted by Gasteiger charge is -2.13. The van der Waals surface area contributed by atoms with Crippen LogP contribution >= 0.6 is 0 Å². The summed E-state index contributed by atoms with van der Waals surface area (Å²) in [5, 5.41) is 0.683. The largest absolute Gasteiger partial charge is 0.462 e. The molecule has 22 heavy (non-hydrogen) atoms. The average Bonchev–Trinajstić information content (AvgIpc) is 3.14. The Balaban J connectivity index is 1.87. The van der Waals surface area contributed by atoms with Crippen LogP contribution in [-0.4, -0.2) is 12.9 Å². The average molecular weight is 308 g/mol. The van der Waals surface area contributed by atoms with E-state index in [1.54, 1.807) is 6.07 Å². The number of hydrogen-bond acceptors (Lipinski definition) is 3. The van der Waals surface area contributed by atoms with Gasteiger partial charge < -0.3 is 13.9 Å². The summed E-state index contributed by atoms with van der Waals surface area (Å²) >= 11 is 0. The first kappa shape index (κ1) is 13.5. The fourth-order valence-electron chi connectivity index (χ4n) is 2.67. The molecule has 0 spiro atoms. The molecule has 2 heterocycles. The Labute approximate surface area is 123 Å². The van der Waals surface area contributed by atoms with Crippen LogP contribution in [0.15, 0.2) is 28.7 Å². The van der Waals surface area contributed by atoms with Crippen LogP contribution in [0, 0.1) is 17.5 Å². The predicted molar refractivity (Wildman–Crippen MR) is 73.2 cm³/mol. The smallest absolute Gasteiger partial charge is 0.208 e. The van der Waals surface area contributed by atoms with Crippen molar-refractivity contribution < 1.29 is 27.1 Å². The minimum absolute atomic E-state index is 0.0284. The molecule has 1 aliphatic rings. The molecule has 1 saturated heterocycles. The Kier molecular flexibility index (Phi) is 3.00. The number of furan rings is 1. The topological polar surface area (TPSA) is 31.6 Å². The van der Waals surface area contributed by atoms with Crippen LogP contribution in [-0.2, 0) is 4.74 Å². The molecule has 1 fully saturated rings. The van der Waals surface area contributed by atoms with Crippen LogP contribution < -0.4 is 4.74 Å². The fourth-order valence-corrected chi connectivity index (χ4v) is 2.67. The van der Waals surface area contributed by atoms with Crippen molar-refractivity contribution in [2.45, 2.75) is 19.1 Å². The van der Waals surface area contributed by atoms with Crippen LogP contribution in [0.4, 0.5) is 13.2 Å². The number of halogens is 3. The highest BCUT2D eigenvalue weighted by Crippen LogP contribution is 2.36. The van der Waals surface area contributed by atoms with Crippen molar-refractivity contribution in [1.82, 2.24) is 0 Å². The molecule has 2 aromatic carbocycles. The highest BCUT2D eigenvalue weighted by Gasteiger charge is 2.23. The van der Waals surface area contributed by atoms with Gasteiger partial charge in [0.25, 0.3) is 0 Å². The molecule has 1 aliphatic heterocycles. The number of hydrogen-bond donors (Lipinski definition) is 0. The molecular weight excluding hydrogens is 297 g/mol. The third kappa shape index (κ3) is 1.94. The first-order valence-electron chi connectivity index (χ1n) is 6.92. The van der Waals surface area contributed by atoms with Crippen LogP contribution in [0.2, 0.25) is 0 Å². The van der Waals surface area contributed by atoms with Crippen LogP contribution in [0.5, 0.6) is 5.75 Å². The van der Waals surface area contributed by atoms with Crippen molar-refractivity contribution in [2.24, 2.45) is 0 Å². The van der Waals surface area contributed by atoms with Gasteiger partial charge >= 0.3 is 0 Å². The second-order valence-corrected chi connectivity index (χ2v) is 5.15. The van der Waals surface area contributed by atoms with Gasteiger partial charge in [0.15, 0.2) is 29.0 Å². The summed E-state index contributed by atoms with van der Waals surface area (Å²) in [6.07, 6.45) is 1.03. The Morgan fingerprint density at radius 3 is 2.41 bits per heavy atom. The monoisotopic (exact) mass is 308 g/mol. The van der Waals surface area contributed by atoms with Crippen molar-refractivity contribution in [2.75, 3.05) is 6.61 Å². The minimum atomic E-state index is -1.13. The van der Waals surface area contributed by atoms with Crippen molar-refractivity contribution in [1.29, 1.82) is 0 Å². The predicted octanol–water partition coefficient (Wildman–Crippen LogP) is 4.52. The van der Waals surface area contributed by atoms with Gasteiger partial charge in [-0.15, -0.1) is 0 Å². The maximum absolute atomic E-state index is 14.5. The molecule has 3 aromatic rings. The summed E-state index contributed by atoms with van der Waals surface area (Å²) < 4.78 is 57.4. The van der Waals surface area contributed by atoms with E-state index >= 15 is 0 Å². The van der Waals surface area contributed by atoms with Crippen molar-refractivity contribution in [3.8, 4) is 5.75 Å². The van der Waals surface area contributed by atoms with Gasteiger partial charge in [0, 0.05) is 17.2 Å². The SMILES string of the molecule is Fc1ccc2c(oc3c(F)c(OC4CCCO4)ccc32)c1F. The first-order chi connectivity index (χ1) is 10.6. The van der Waals surface area contributed by atoms with Crippen LogP contribution in [0.25, 0.3) is 21.9 Å². The molecule has 0 N–H and O–H groups in total. The van der Waals surface area contributed by atoms with E-state index in [9.17, 15) is 13.2 Å². The molecule has 4 rings (SSSR count). The van der Waals surface area contributed by atoms with Gasteiger partial charge in [-0.1, -0.05) is 0 Å². The zero-order valence-electron chi connectivity index (χ0n) is 11.4. The molecule has 0 bridgehead atoms. The second-order valence-electron chi connectivity index (χ2n) is 5.15. The quantitative estimate of drug-likeness (QED) is 0.697. The lowest BCUT2D eigenvalue weighted by atomic mass is 10.1. The number of fused-ring (bicyclic) bond motifs is 3. The van der Waals surface area contributed by atoms with Gasteiger partial charge in [-0.3, -0.25) is 0 Å². The third-order valence-electron chi connectivity index (χ3n) is 3.75. The van der Waals surface area contributed by atoms with Crippen LogP contribution in [0.1, 0.15) is 12.8 Å². The standard InChI is InChI=1S/C16H11F3O3/c17-10-5-3-8-9-4-6-11(21-12-2-1-7-20-12)14(19)16(9)22-15(8)13(10)18/h3-6,12H,1-2,7H2. The maximum atomic E-state index is 14.5. The van der Waals surface area contributed by atoms with Crippen molar-refractivity contribution in [3.63, 3.8) is 0 Å². The molecule has 1 atom stereocenters. The molecule has 6 heteroatoms. The Bertz CT molecular complexity index is 866. The Hall–Kier alpha value is -2.21. The normalized spacial score (nSPS) is 18.4. The van der Waals surface area contributed by atoms with E-state index in [1.807, 2.05) is 0 Å². The molecule has 0 radical (unpaired) electrons. The molecule has 114 valence electrons. The molecule has 1 aromatic heterocycles. The van der Waals surface area contributed by atoms with Crippen LogP contribution in [0.3, 0.4) is 0 Å². The van der Waals surface area contributed by atoms with E-state index < -0.39 is 23.7 Å². The second kappa shape index (κ2) is 4.91. The van der Waals surface area contributed by atoms with E-state index in [0.717, 1.165) is 12.5 Å². The van der Waals surface area contributed by atoms with Gasteiger partial charge in [-0.25, -0.2) is 4.39 Å². The Morgan fingerprint density at radius 2 is 1.68 bits per heavy atom. The molecule has 0 aliphatic carbocycles. The summed E-state index contributed by atoms with van der Waals surface area (Å²) in [5.74, 6) is -2.94. The summed E-state index contributed by atoms with van der Waals surface area (Å²) in [4.78, 5) is 0. The minimum Gasteiger partial charge on any atom is -0.462 e. The zero-order valence-corrected chi connectivity index (χ0v) is 11.4. The number of ether oxygens (including phenoxy) is 2. The van der Waals surface area contributed by atoms with Gasteiger partial charge in [0.2, 0.25) is 11.6 Å². The lowest BCUT2D eigenvalue weighted by molar-refractivity contribution is -0.0410. The summed E-state index contributed by atoms with van der Waals surface area (Å²) in [6.45, 7) is 0.573. The number of rotatable bonds is 2. The number of benzene rings is 2. The molecular formula is C16H11F3O3. The summed E-state index contributed by atoms with van der Waals surface area (Å²) in [6, 6.07) is 5.35. The van der Waals surface area contributed by atoms with E-state index in [-0.39, 0.29) is 16.9 Å². The zero-order chi connectivity index (χ0) is 15.3. The van der Waals surface area contributed by atoms with Gasteiger partial charge in [-0.2, -0.15) is 8.78 Å². The highest BCUT2D eigenvalue weighted by atomic mass is 19.2. The molecule has 0 amide bonds. The van der Waals surface area contributed by atoms with Gasteiger partial charge in [0.1, 0.15) is 0 Å². The highest BCUT2D eigenvalue weighted by molar-refractivity contribution is 6.05. The van der Waals surface area contributed by atoms with E-state index in [4.69, 9.17) is 13.9 Å².